The summed E-state index contributed by atoms with van der Waals surface area (Å²) < 4.78 is 4.49. The smallest absolute Gasteiger partial charge is 0.303 e. The van der Waals surface area contributed by atoms with Gasteiger partial charge in [-0.1, -0.05) is 0 Å². The van der Waals surface area contributed by atoms with Crippen molar-refractivity contribution in [2.24, 2.45) is 0 Å². The molecule has 6 heteroatoms. The third-order valence-electron chi connectivity index (χ3n) is 1.16. The summed E-state index contributed by atoms with van der Waals surface area (Å²) in [5.41, 5.74) is 0. The van der Waals surface area contributed by atoms with E-state index in [0.29, 0.717) is 13.0 Å². The Balaban J connectivity index is 0.000000344. The fraction of sp³-hybridized carbons (Fsp3) is 0.625. The molecule has 0 unspecified atom stereocenters. The maximum atomic E-state index is 10.1. The van der Waals surface area contributed by atoms with Gasteiger partial charge in [0.15, 0.2) is 0 Å². The van der Waals surface area contributed by atoms with Crippen LogP contribution in [0.3, 0.4) is 0 Å². The SMILES string of the molecule is CC(=O)OCCCC(=O)O.O=C1CN1. The van der Waals surface area contributed by atoms with Crippen molar-refractivity contribution in [3.8, 4) is 0 Å². The van der Waals surface area contributed by atoms with Crippen LogP contribution in [0.25, 0.3) is 0 Å². The van der Waals surface area contributed by atoms with E-state index in [1.807, 2.05) is 0 Å². The van der Waals surface area contributed by atoms with Crippen LogP contribution in [0.1, 0.15) is 19.8 Å². The van der Waals surface area contributed by atoms with Crippen LogP contribution in [0, 0.1) is 0 Å². The molecule has 1 aliphatic heterocycles. The number of rotatable bonds is 4. The molecule has 0 saturated carbocycles. The first kappa shape index (κ1) is 12.4. The number of hydrogen-bond donors (Lipinski definition) is 2. The number of carboxylic acids is 1. The second-order valence-electron chi connectivity index (χ2n) is 2.61. The molecule has 0 bridgehead atoms. The lowest BCUT2D eigenvalue weighted by atomic mass is 10.3. The van der Waals surface area contributed by atoms with E-state index >= 15 is 0 Å². The average molecular weight is 203 g/mol. The van der Waals surface area contributed by atoms with Gasteiger partial charge in [-0.25, -0.2) is 0 Å². The van der Waals surface area contributed by atoms with Gasteiger partial charge in [0.05, 0.1) is 13.2 Å². The quantitative estimate of drug-likeness (QED) is 0.365. The molecule has 0 spiro atoms. The summed E-state index contributed by atoms with van der Waals surface area (Å²) in [6.45, 7) is 2.09. The van der Waals surface area contributed by atoms with Crippen molar-refractivity contribution in [1.82, 2.24) is 5.32 Å². The van der Waals surface area contributed by atoms with Crippen LogP contribution in [0.15, 0.2) is 0 Å². The van der Waals surface area contributed by atoms with Crippen molar-refractivity contribution < 1.29 is 24.2 Å². The fourth-order valence-electron chi connectivity index (χ4n) is 0.475. The van der Waals surface area contributed by atoms with E-state index in [4.69, 9.17) is 5.11 Å². The Morgan fingerprint density at radius 3 is 2.36 bits per heavy atom. The zero-order valence-electron chi connectivity index (χ0n) is 7.91. The molecule has 1 rings (SSSR count). The monoisotopic (exact) mass is 203 g/mol. The Bertz CT molecular complexity index is 204. The molecule has 6 nitrogen and oxygen atoms in total. The van der Waals surface area contributed by atoms with Gasteiger partial charge in [0.25, 0.3) is 0 Å². The van der Waals surface area contributed by atoms with Gasteiger partial charge >= 0.3 is 11.9 Å². The van der Waals surface area contributed by atoms with E-state index in [9.17, 15) is 14.4 Å². The molecule has 14 heavy (non-hydrogen) atoms. The second-order valence-corrected chi connectivity index (χ2v) is 2.61. The van der Waals surface area contributed by atoms with Gasteiger partial charge in [-0.3, -0.25) is 14.4 Å². The third-order valence-corrected chi connectivity index (χ3v) is 1.16. The highest BCUT2D eigenvalue weighted by Crippen LogP contribution is 1.89. The lowest BCUT2D eigenvalue weighted by Gasteiger charge is -1.97. The van der Waals surface area contributed by atoms with E-state index in [-0.39, 0.29) is 24.9 Å². The Hall–Kier alpha value is -1.59. The van der Waals surface area contributed by atoms with E-state index in [1.54, 1.807) is 0 Å². The lowest BCUT2D eigenvalue weighted by Crippen LogP contribution is -2.03. The highest BCUT2D eigenvalue weighted by Gasteiger charge is 2.10. The summed E-state index contributed by atoms with van der Waals surface area (Å²) in [5, 5.41) is 10.6. The molecule has 0 atom stereocenters. The summed E-state index contributed by atoms with van der Waals surface area (Å²) >= 11 is 0. The molecule has 0 aromatic carbocycles. The summed E-state index contributed by atoms with van der Waals surface area (Å²) in [6.07, 6.45) is 0.433. The van der Waals surface area contributed by atoms with Gasteiger partial charge in [0.2, 0.25) is 5.91 Å². The van der Waals surface area contributed by atoms with Crippen molar-refractivity contribution in [2.45, 2.75) is 19.8 Å². The van der Waals surface area contributed by atoms with Gasteiger partial charge in [0, 0.05) is 13.3 Å². The Kier molecular flexibility index (Phi) is 6.09. The minimum absolute atomic E-state index is 0.0489. The first-order valence-electron chi connectivity index (χ1n) is 4.14. The molecule has 2 N–H and O–H groups in total. The maximum absolute atomic E-state index is 10.1. The van der Waals surface area contributed by atoms with Crippen LogP contribution in [0.2, 0.25) is 0 Å². The van der Waals surface area contributed by atoms with Crippen LogP contribution in [-0.4, -0.2) is 36.1 Å². The summed E-state index contributed by atoms with van der Waals surface area (Å²) in [7, 11) is 0. The number of nitrogens with one attached hydrogen (secondary N) is 1. The molecule has 1 amide bonds. The van der Waals surface area contributed by atoms with Gasteiger partial charge < -0.3 is 15.2 Å². The highest BCUT2D eigenvalue weighted by atomic mass is 16.5. The molecule has 0 radical (unpaired) electrons. The van der Waals surface area contributed by atoms with Crippen molar-refractivity contribution in [3.05, 3.63) is 0 Å². The number of amides is 1. The van der Waals surface area contributed by atoms with Crippen LogP contribution in [-0.2, 0) is 19.1 Å². The largest absolute Gasteiger partial charge is 0.481 e. The van der Waals surface area contributed by atoms with E-state index in [1.165, 1.54) is 6.92 Å². The van der Waals surface area contributed by atoms with Gasteiger partial charge in [0.1, 0.15) is 0 Å². The maximum Gasteiger partial charge on any atom is 0.303 e. The zero-order valence-corrected chi connectivity index (χ0v) is 7.91. The van der Waals surface area contributed by atoms with Gasteiger partial charge in [-0.15, -0.1) is 0 Å². The van der Waals surface area contributed by atoms with E-state index < -0.39 is 5.97 Å². The fourth-order valence-corrected chi connectivity index (χ4v) is 0.475. The van der Waals surface area contributed by atoms with Crippen molar-refractivity contribution in [2.75, 3.05) is 13.2 Å². The molecule has 1 fully saturated rings. The molecule has 0 aromatic heterocycles. The van der Waals surface area contributed by atoms with E-state index in [2.05, 4.69) is 10.1 Å². The molecular formula is C8H13NO5. The Morgan fingerprint density at radius 1 is 1.57 bits per heavy atom. The topological polar surface area (TPSA) is 103 Å². The first-order valence-corrected chi connectivity index (χ1v) is 4.14. The summed E-state index contributed by atoms with van der Waals surface area (Å²) in [4.78, 5) is 29.5. The number of aliphatic carboxylic acids is 1. The van der Waals surface area contributed by atoms with Crippen molar-refractivity contribution >= 4 is 17.8 Å². The molecular weight excluding hydrogens is 190 g/mol. The number of ether oxygens (including phenoxy) is 1. The minimum Gasteiger partial charge on any atom is -0.481 e. The van der Waals surface area contributed by atoms with Crippen molar-refractivity contribution in [1.29, 1.82) is 0 Å². The Labute approximate surface area is 81.2 Å². The Morgan fingerprint density at radius 2 is 2.07 bits per heavy atom. The molecule has 0 aromatic rings. The number of hydrogen-bond acceptors (Lipinski definition) is 4. The zero-order chi connectivity index (χ0) is 11.0. The minimum atomic E-state index is -0.868. The van der Waals surface area contributed by atoms with Crippen LogP contribution in [0.4, 0.5) is 0 Å². The van der Waals surface area contributed by atoms with Gasteiger partial charge in [-0.2, -0.15) is 0 Å². The first-order chi connectivity index (χ1) is 6.52. The predicted octanol–water partition coefficient (Wildman–Crippen LogP) is -0.469. The molecule has 1 heterocycles. The molecule has 80 valence electrons. The van der Waals surface area contributed by atoms with Crippen LogP contribution < -0.4 is 5.32 Å². The predicted molar refractivity (Wildman–Crippen MR) is 46.5 cm³/mol. The highest BCUT2D eigenvalue weighted by molar-refractivity contribution is 5.91. The number of carboxylic acid groups (broad SMARTS) is 1. The number of carbonyl (C=O) groups is 3. The summed E-state index contributed by atoms with van der Waals surface area (Å²) in [5.74, 6) is -1.07. The number of carbonyl (C=O) groups excluding carboxylic acids is 2. The third kappa shape index (κ3) is 13.0. The molecule has 0 aliphatic carbocycles. The normalized spacial score (nSPS) is 11.9. The van der Waals surface area contributed by atoms with Crippen LogP contribution in [0.5, 0.6) is 0 Å². The molecule has 1 aliphatic rings. The molecule has 1 saturated heterocycles. The van der Waals surface area contributed by atoms with Gasteiger partial charge in [-0.05, 0) is 6.42 Å². The van der Waals surface area contributed by atoms with Crippen LogP contribution >= 0.6 is 0 Å². The lowest BCUT2D eigenvalue weighted by molar-refractivity contribution is -0.143. The standard InChI is InChI=1S/C6H10O4.C2H3NO/c1-5(7)10-4-2-3-6(8)9;4-2-1-3-2/h2-4H2,1H3,(H,8,9);1H2,(H,3,4). The van der Waals surface area contributed by atoms with Crippen molar-refractivity contribution in [3.63, 3.8) is 0 Å². The second kappa shape index (κ2) is 6.88. The number of esters is 1. The summed E-state index contributed by atoms with van der Waals surface area (Å²) in [6, 6.07) is 0. The van der Waals surface area contributed by atoms with E-state index in [0.717, 1.165) is 0 Å². The average Bonchev–Trinajstić information content (AvgIpc) is 2.82.